The van der Waals surface area contributed by atoms with Crippen molar-refractivity contribution in [1.82, 2.24) is 5.32 Å². The second-order valence-electron chi connectivity index (χ2n) is 5.54. The Morgan fingerprint density at radius 1 is 1.15 bits per heavy atom. The summed E-state index contributed by atoms with van der Waals surface area (Å²) in [4.78, 5) is 12.4. The van der Waals surface area contributed by atoms with Gasteiger partial charge in [0.25, 0.3) is 5.91 Å². The molecule has 1 fully saturated rings. The Morgan fingerprint density at radius 3 is 2.58 bits per heavy atom. The van der Waals surface area contributed by atoms with Gasteiger partial charge in [-0.3, -0.25) is 4.79 Å². The third-order valence-corrected chi connectivity index (χ3v) is 4.93. The molecule has 0 bridgehead atoms. The van der Waals surface area contributed by atoms with Crippen LogP contribution in [0.1, 0.15) is 11.1 Å². The average Bonchev–Trinajstić information content (AvgIpc) is 2.92. The Hall–Kier alpha value is -2.02. The number of carbonyl (C=O) groups excluding carboxylic acids is 1. The van der Waals surface area contributed by atoms with Crippen LogP contribution in [0.3, 0.4) is 0 Å². The monoisotopic (exact) mass is 405 g/mol. The molecule has 0 aliphatic carbocycles. The van der Waals surface area contributed by atoms with Crippen LogP contribution in [0.2, 0.25) is 5.02 Å². The molecule has 1 heterocycles. The van der Waals surface area contributed by atoms with Gasteiger partial charge in [-0.25, -0.2) is 0 Å². The Balaban J connectivity index is 1.64. The molecule has 2 aromatic rings. The lowest BCUT2D eigenvalue weighted by Crippen LogP contribution is -2.17. The zero-order valence-electron chi connectivity index (χ0n) is 14.0. The van der Waals surface area contributed by atoms with Crippen molar-refractivity contribution in [2.24, 2.45) is 0 Å². The number of thioether (sulfide) groups is 1. The van der Waals surface area contributed by atoms with E-state index in [0.29, 0.717) is 33.2 Å². The van der Waals surface area contributed by atoms with E-state index in [1.807, 2.05) is 31.2 Å². The van der Waals surface area contributed by atoms with Gasteiger partial charge in [0.05, 0.1) is 4.91 Å². The second kappa shape index (κ2) is 8.58. The maximum absolute atomic E-state index is 11.8. The van der Waals surface area contributed by atoms with Crippen LogP contribution in [-0.4, -0.2) is 23.4 Å². The fraction of sp³-hybridized carbons (Fsp3) is 0.158. The van der Waals surface area contributed by atoms with E-state index < -0.39 is 0 Å². The lowest BCUT2D eigenvalue weighted by Gasteiger charge is -2.11. The van der Waals surface area contributed by atoms with Gasteiger partial charge < -0.3 is 14.8 Å². The number of nitrogens with one attached hydrogen (secondary N) is 1. The molecule has 0 spiro atoms. The summed E-state index contributed by atoms with van der Waals surface area (Å²) in [6.45, 7) is 2.80. The molecule has 0 unspecified atom stereocenters. The molecule has 134 valence electrons. The minimum Gasteiger partial charge on any atom is -0.490 e. The van der Waals surface area contributed by atoms with Crippen molar-refractivity contribution in [2.45, 2.75) is 6.92 Å². The van der Waals surface area contributed by atoms with Crippen molar-refractivity contribution >= 4 is 51.9 Å². The SMILES string of the molecule is Cc1ccc(OCCOc2ccc(Cl)cc2/C=C2\SC(=S)NC2=O)cc1. The normalized spacial score (nSPS) is 15.2. The van der Waals surface area contributed by atoms with Crippen LogP contribution in [-0.2, 0) is 4.79 Å². The number of halogens is 1. The highest BCUT2D eigenvalue weighted by Gasteiger charge is 2.22. The maximum atomic E-state index is 11.8. The molecule has 26 heavy (non-hydrogen) atoms. The van der Waals surface area contributed by atoms with Gasteiger partial charge >= 0.3 is 0 Å². The lowest BCUT2D eigenvalue weighted by molar-refractivity contribution is -0.115. The molecule has 1 aliphatic rings. The molecule has 7 heteroatoms. The van der Waals surface area contributed by atoms with Crippen molar-refractivity contribution in [2.75, 3.05) is 13.2 Å². The van der Waals surface area contributed by atoms with E-state index in [2.05, 4.69) is 5.32 Å². The summed E-state index contributed by atoms with van der Waals surface area (Å²) in [6.07, 6.45) is 1.72. The molecular weight excluding hydrogens is 390 g/mol. The highest BCUT2D eigenvalue weighted by Crippen LogP contribution is 2.31. The molecule has 0 aromatic heterocycles. The summed E-state index contributed by atoms with van der Waals surface area (Å²) < 4.78 is 11.9. The fourth-order valence-electron chi connectivity index (χ4n) is 2.27. The second-order valence-corrected chi connectivity index (χ2v) is 7.70. The molecule has 4 nitrogen and oxygen atoms in total. The summed E-state index contributed by atoms with van der Waals surface area (Å²) in [7, 11) is 0. The van der Waals surface area contributed by atoms with Crippen LogP contribution in [0.4, 0.5) is 0 Å². The number of hydrogen-bond donors (Lipinski definition) is 1. The van der Waals surface area contributed by atoms with Crippen LogP contribution in [0.25, 0.3) is 6.08 Å². The summed E-state index contributed by atoms with van der Waals surface area (Å²) in [5.41, 5.74) is 1.90. The Bertz CT molecular complexity index is 866. The Kier molecular flexibility index (Phi) is 6.19. The Labute approximate surface area is 166 Å². The average molecular weight is 406 g/mol. The van der Waals surface area contributed by atoms with Gasteiger partial charge in [0.2, 0.25) is 0 Å². The largest absolute Gasteiger partial charge is 0.490 e. The first-order valence-corrected chi connectivity index (χ1v) is 9.48. The van der Waals surface area contributed by atoms with Gasteiger partial charge in [0.15, 0.2) is 0 Å². The highest BCUT2D eigenvalue weighted by atomic mass is 35.5. The molecule has 2 aromatic carbocycles. The topological polar surface area (TPSA) is 47.6 Å². The van der Waals surface area contributed by atoms with Gasteiger partial charge in [-0.15, -0.1) is 0 Å². The molecule has 0 radical (unpaired) electrons. The molecule has 3 rings (SSSR count). The van der Waals surface area contributed by atoms with Gasteiger partial charge in [0, 0.05) is 10.6 Å². The van der Waals surface area contributed by atoms with E-state index in [1.165, 1.54) is 17.3 Å². The minimum atomic E-state index is -0.214. The van der Waals surface area contributed by atoms with Crippen LogP contribution in [0.15, 0.2) is 47.4 Å². The van der Waals surface area contributed by atoms with Crippen molar-refractivity contribution in [1.29, 1.82) is 0 Å². The minimum absolute atomic E-state index is 0.214. The van der Waals surface area contributed by atoms with Crippen molar-refractivity contribution < 1.29 is 14.3 Å². The number of carbonyl (C=O) groups is 1. The summed E-state index contributed by atoms with van der Waals surface area (Å²) in [5, 5.41) is 3.15. The summed E-state index contributed by atoms with van der Waals surface area (Å²) in [5.74, 6) is 1.21. The number of aryl methyl sites for hydroxylation is 1. The molecule has 0 saturated carbocycles. The number of thiocarbonyl (C=S) groups is 1. The van der Waals surface area contributed by atoms with Crippen LogP contribution in [0.5, 0.6) is 11.5 Å². The predicted molar refractivity (Wildman–Crippen MR) is 110 cm³/mol. The number of ether oxygens (including phenoxy) is 2. The molecule has 1 amide bonds. The number of benzene rings is 2. The van der Waals surface area contributed by atoms with Crippen molar-refractivity contribution in [3.63, 3.8) is 0 Å². The molecule has 0 atom stereocenters. The lowest BCUT2D eigenvalue weighted by atomic mass is 10.2. The van der Waals surface area contributed by atoms with E-state index in [4.69, 9.17) is 33.3 Å². The Morgan fingerprint density at radius 2 is 1.88 bits per heavy atom. The standard InChI is InChI=1S/C19H16ClNO3S2/c1-12-2-5-15(6-3-12)23-8-9-24-16-7-4-14(20)10-13(16)11-17-18(22)21-19(25)26-17/h2-7,10-11H,8-9H2,1H3,(H,21,22,25)/b17-11-. The van der Waals surface area contributed by atoms with E-state index >= 15 is 0 Å². The number of hydrogen-bond acceptors (Lipinski definition) is 5. The molecule has 1 N–H and O–H groups in total. The molecular formula is C19H16ClNO3S2. The third kappa shape index (κ3) is 5.00. The van der Waals surface area contributed by atoms with E-state index in [1.54, 1.807) is 24.3 Å². The number of rotatable bonds is 6. The fourth-order valence-corrected chi connectivity index (χ4v) is 3.49. The molecule has 1 aliphatic heterocycles. The number of amides is 1. The van der Waals surface area contributed by atoms with Gasteiger partial charge in [-0.2, -0.15) is 0 Å². The van der Waals surface area contributed by atoms with Crippen molar-refractivity contribution in [3.05, 3.63) is 63.5 Å². The first kappa shape index (κ1) is 18.8. The molecule has 1 saturated heterocycles. The van der Waals surface area contributed by atoms with Gasteiger partial charge in [0.1, 0.15) is 29.0 Å². The third-order valence-electron chi connectivity index (χ3n) is 3.53. The first-order valence-electron chi connectivity index (χ1n) is 7.88. The van der Waals surface area contributed by atoms with Gasteiger partial charge in [-0.05, 0) is 43.3 Å². The van der Waals surface area contributed by atoms with E-state index in [9.17, 15) is 4.79 Å². The van der Waals surface area contributed by atoms with E-state index in [0.717, 1.165) is 11.3 Å². The maximum Gasteiger partial charge on any atom is 0.263 e. The zero-order chi connectivity index (χ0) is 18.5. The van der Waals surface area contributed by atoms with Crippen LogP contribution >= 0.6 is 35.6 Å². The quantitative estimate of drug-likeness (QED) is 0.432. The van der Waals surface area contributed by atoms with E-state index in [-0.39, 0.29) is 5.91 Å². The smallest absolute Gasteiger partial charge is 0.263 e. The van der Waals surface area contributed by atoms with Crippen LogP contribution < -0.4 is 14.8 Å². The van der Waals surface area contributed by atoms with Gasteiger partial charge in [-0.1, -0.05) is 53.3 Å². The van der Waals surface area contributed by atoms with Crippen molar-refractivity contribution in [3.8, 4) is 11.5 Å². The zero-order valence-corrected chi connectivity index (χ0v) is 16.3. The first-order chi connectivity index (χ1) is 12.5. The van der Waals surface area contributed by atoms with Crippen LogP contribution in [0, 0.1) is 6.92 Å². The summed E-state index contributed by atoms with van der Waals surface area (Å²) in [6, 6.07) is 13.1. The summed E-state index contributed by atoms with van der Waals surface area (Å²) >= 11 is 12.3. The predicted octanol–water partition coefficient (Wildman–Crippen LogP) is 4.60. The highest BCUT2D eigenvalue weighted by molar-refractivity contribution is 8.26.